The van der Waals surface area contributed by atoms with Gasteiger partial charge in [0, 0.05) is 6.54 Å². The number of H-pyrrole nitrogens is 1. The average Bonchev–Trinajstić information content (AvgIpc) is 2.62. The van der Waals surface area contributed by atoms with Crippen molar-refractivity contribution in [2.24, 2.45) is 0 Å². The molecule has 0 saturated heterocycles. The summed E-state index contributed by atoms with van der Waals surface area (Å²) >= 11 is 6.34. The number of nitrogens with one attached hydrogen (secondary N) is 1. The van der Waals surface area contributed by atoms with Crippen LogP contribution in [0.3, 0.4) is 0 Å². The van der Waals surface area contributed by atoms with Crippen molar-refractivity contribution in [2.45, 2.75) is 26.7 Å². The first kappa shape index (κ1) is 20.4. The van der Waals surface area contributed by atoms with Crippen molar-refractivity contribution in [3.8, 4) is 16.9 Å². The zero-order valence-electron chi connectivity index (χ0n) is 17.0. The minimum absolute atomic E-state index is 0.129. The fraction of sp³-hybridized carbons (Fsp3) is 0.364. The van der Waals surface area contributed by atoms with E-state index in [-0.39, 0.29) is 11.5 Å². The molecule has 0 fully saturated rings. The summed E-state index contributed by atoms with van der Waals surface area (Å²) in [6.45, 7) is 7.41. The van der Waals surface area contributed by atoms with Crippen LogP contribution in [0, 0.1) is 6.92 Å². The summed E-state index contributed by atoms with van der Waals surface area (Å²) in [7, 11) is 4.00. The fourth-order valence-corrected chi connectivity index (χ4v) is 3.34. The topological polar surface area (TPSA) is 58.2 Å². The van der Waals surface area contributed by atoms with Crippen molar-refractivity contribution < 1.29 is 4.74 Å². The van der Waals surface area contributed by atoms with Crippen molar-refractivity contribution in [1.29, 1.82) is 0 Å². The van der Waals surface area contributed by atoms with Crippen LogP contribution in [0.15, 0.2) is 35.1 Å². The van der Waals surface area contributed by atoms with E-state index < -0.39 is 0 Å². The highest BCUT2D eigenvalue weighted by Gasteiger charge is 2.15. The number of hydrogen-bond acceptors (Lipinski definition) is 4. The van der Waals surface area contributed by atoms with E-state index in [2.05, 4.69) is 28.7 Å². The largest absolute Gasteiger partial charge is 0.491 e. The Morgan fingerprint density at radius 1 is 1.21 bits per heavy atom. The maximum Gasteiger partial charge on any atom is 0.258 e. The number of aromatic amines is 1. The van der Waals surface area contributed by atoms with Gasteiger partial charge in [-0.05, 0) is 67.9 Å². The molecule has 6 heteroatoms. The van der Waals surface area contributed by atoms with Crippen LogP contribution < -0.4 is 10.3 Å². The molecule has 2 aromatic carbocycles. The van der Waals surface area contributed by atoms with Crippen molar-refractivity contribution in [1.82, 2.24) is 14.9 Å². The zero-order chi connectivity index (χ0) is 20.4. The van der Waals surface area contributed by atoms with E-state index in [0.717, 1.165) is 23.2 Å². The number of hydrogen-bond donors (Lipinski definition) is 1. The van der Waals surface area contributed by atoms with E-state index >= 15 is 0 Å². The van der Waals surface area contributed by atoms with E-state index in [4.69, 9.17) is 16.3 Å². The van der Waals surface area contributed by atoms with Crippen molar-refractivity contribution in [2.75, 3.05) is 27.2 Å². The Morgan fingerprint density at radius 3 is 2.64 bits per heavy atom. The van der Waals surface area contributed by atoms with Crippen LogP contribution in [-0.4, -0.2) is 42.1 Å². The molecule has 5 nitrogen and oxygen atoms in total. The molecule has 0 spiro atoms. The molecule has 0 radical (unpaired) electrons. The second-order valence-electron chi connectivity index (χ2n) is 7.56. The molecular weight excluding hydrogens is 374 g/mol. The van der Waals surface area contributed by atoms with E-state index in [1.54, 1.807) is 6.92 Å². The molecule has 0 aliphatic rings. The molecule has 0 aliphatic heterocycles. The summed E-state index contributed by atoms with van der Waals surface area (Å²) in [6, 6.07) is 9.68. The molecule has 0 bridgehead atoms. The average molecular weight is 400 g/mol. The number of aromatic nitrogens is 2. The molecule has 0 amide bonds. The smallest absolute Gasteiger partial charge is 0.258 e. The third-order valence-electron chi connectivity index (χ3n) is 4.66. The predicted octanol–water partition coefficient (Wildman–Crippen LogP) is 4.62. The van der Waals surface area contributed by atoms with Gasteiger partial charge in [0.2, 0.25) is 0 Å². The highest BCUT2D eigenvalue weighted by Crippen LogP contribution is 2.36. The molecule has 0 atom stereocenters. The third-order valence-corrected chi connectivity index (χ3v) is 4.97. The van der Waals surface area contributed by atoms with Crippen LogP contribution in [0.1, 0.15) is 31.2 Å². The Morgan fingerprint density at radius 2 is 1.96 bits per heavy atom. The summed E-state index contributed by atoms with van der Waals surface area (Å²) in [5.41, 5.74) is 3.68. The summed E-state index contributed by atoms with van der Waals surface area (Å²) in [6.07, 6.45) is 0. The van der Waals surface area contributed by atoms with Gasteiger partial charge in [-0.2, -0.15) is 0 Å². The van der Waals surface area contributed by atoms with Crippen LogP contribution in [0.25, 0.3) is 22.0 Å². The number of ether oxygens (including phenoxy) is 1. The van der Waals surface area contributed by atoms with Gasteiger partial charge in [0.1, 0.15) is 18.2 Å². The van der Waals surface area contributed by atoms with Gasteiger partial charge in [0.25, 0.3) is 5.56 Å². The lowest BCUT2D eigenvalue weighted by atomic mass is 9.91. The Kier molecular flexibility index (Phi) is 6.06. The maximum atomic E-state index is 12.4. The molecule has 3 rings (SSSR count). The van der Waals surface area contributed by atoms with Crippen LogP contribution in [-0.2, 0) is 0 Å². The van der Waals surface area contributed by atoms with Crippen LogP contribution in [0.2, 0.25) is 5.02 Å². The number of halogens is 1. The van der Waals surface area contributed by atoms with Gasteiger partial charge in [-0.3, -0.25) is 4.79 Å². The van der Waals surface area contributed by atoms with Crippen LogP contribution >= 0.6 is 11.6 Å². The Balaban J connectivity index is 2.11. The van der Waals surface area contributed by atoms with Gasteiger partial charge in [0.15, 0.2) is 0 Å². The lowest BCUT2D eigenvalue weighted by Crippen LogP contribution is -2.19. The van der Waals surface area contributed by atoms with Crippen molar-refractivity contribution in [3.05, 3.63) is 57.1 Å². The molecule has 28 heavy (non-hydrogen) atoms. The lowest BCUT2D eigenvalue weighted by molar-refractivity contribution is 0.261. The molecule has 148 valence electrons. The first-order chi connectivity index (χ1) is 13.3. The van der Waals surface area contributed by atoms with Crippen LogP contribution in [0.4, 0.5) is 0 Å². The van der Waals surface area contributed by atoms with Crippen molar-refractivity contribution in [3.63, 3.8) is 0 Å². The molecule has 1 N–H and O–H groups in total. The van der Waals surface area contributed by atoms with Crippen LogP contribution in [0.5, 0.6) is 5.75 Å². The van der Waals surface area contributed by atoms with Gasteiger partial charge in [0.05, 0.1) is 15.9 Å². The van der Waals surface area contributed by atoms with Gasteiger partial charge < -0.3 is 14.6 Å². The van der Waals surface area contributed by atoms with E-state index in [9.17, 15) is 4.79 Å². The number of likely N-dealkylation sites (N-methyl/N-ethyl adjacent to an activating group) is 1. The standard InChI is InChI=1S/C22H26ClN3O2/c1-13(2)16-12-20-18(22(27)25-14(3)24-20)11-17(16)15-6-7-19(23)21(10-15)28-9-8-26(4)5/h6-7,10-13H,8-9H2,1-5H3,(H,24,25,27). The number of fused-ring (bicyclic) bond motifs is 1. The summed E-state index contributed by atoms with van der Waals surface area (Å²) < 4.78 is 5.88. The maximum absolute atomic E-state index is 12.4. The summed E-state index contributed by atoms with van der Waals surface area (Å²) in [5, 5.41) is 1.15. The summed E-state index contributed by atoms with van der Waals surface area (Å²) in [4.78, 5) is 21.8. The van der Waals surface area contributed by atoms with E-state index in [1.807, 2.05) is 44.4 Å². The number of rotatable bonds is 6. The first-order valence-electron chi connectivity index (χ1n) is 9.38. The second-order valence-corrected chi connectivity index (χ2v) is 7.97. The van der Waals surface area contributed by atoms with Gasteiger partial charge >= 0.3 is 0 Å². The zero-order valence-corrected chi connectivity index (χ0v) is 17.7. The predicted molar refractivity (Wildman–Crippen MR) is 116 cm³/mol. The first-order valence-corrected chi connectivity index (χ1v) is 9.76. The molecule has 0 unspecified atom stereocenters. The Hall–Kier alpha value is -2.37. The number of benzene rings is 2. The molecular formula is C22H26ClN3O2. The highest BCUT2D eigenvalue weighted by atomic mass is 35.5. The molecule has 0 aliphatic carbocycles. The SMILES string of the molecule is Cc1nc2cc(C(C)C)c(-c3ccc(Cl)c(OCCN(C)C)c3)cc2c(=O)[nH]1. The van der Waals surface area contributed by atoms with Crippen molar-refractivity contribution >= 4 is 22.5 Å². The fourth-order valence-electron chi connectivity index (χ4n) is 3.17. The lowest BCUT2D eigenvalue weighted by Gasteiger charge is -2.17. The second kappa shape index (κ2) is 8.33. The van der Waals surface area contributed by atoms with Gasteiger partial charge in [-0.25, -0.2) is 4.98 Å². The minimum Gasteiger partial charge on any atom is -0.491 e. The van der Waals surface area contributed by atoms with E-state index in [1.165, 1.54) is 0 Å². The van der Waals surface area contributed by atoms with E-state index in [0.29, 0.717) is 34.1 Å². The molecule has 1 heterocycles. The Labute approximate surface area is 170 Å². The normalized spacial score (nSPS) is 11.6. The molecule has 1 aromatic heterocycles. The monoisotopic (exact) mass is 399 g/mol. The summed E-state index contributed by atoms with van der Waals surface area (Å²) in [5.74, 6) is 1.53. The Bertz CT molecular complexity index is 1060. The highest BCUT2D eigenvalue weighted by molar-refractivity contribution is 6.32. The molecule has 0 saturated carbocycles. The minimum atomic E-state index is -0.129. The molecule has 3 aromatic rings. The number of nitrogens with zero attached hydrogens (tertiary/aromatic N) is 2. The van der Waals surface area contributed by atoms with Gasteiger partial charge in [-0.1, -0.05) is 31.5 Å². The van der Waals surface area contributed by atoms with Gasteiger partial charge in [-0.15, -0.1) is 0 Å². The quantitative estimate of drug-likeness (QED) is 0.657. The number of aryl methyl sites for hydroxylation is 1. The third kappa shape index (κ3) is 4.37.